The Balaban J connectivity index is 1.23. The number of hydrogen-bond donors (Lipinski definition) is 1. The largest absolute Gasteiger partial charge is 0.301 e. The van der Waals surface area contributed by atoms with Gasteiger partial charge >= 0.3 is 0 Å². The third kappa shape index (κ3) is 6.97. The van der Waals surface area contributed by atoms with Crippen molar-refractivity contribution in [1.82, 2.24) is 15.1 Å². The van der Waals surface area contributed by atoms with E-state index in [0.717, 1.165) is 11.1 Å². The van der Waals surface area contributed by atoms with Crippen LogP contribution >= 0.6 is 47.1 Å². The molecule has 11 heteroatoms. The summed E-state index contributed by atoms with van der Waals surface area (Å²) in [5, 5.41) is 11.1. The van der Waals surface area contributed by atoms with Gasteiger partial charge in [0.2, 0.25) is 11.0 Å². The molecule has 1 aromatic heterocycles. The highest BCUT2D eigenvalue weighted by atomic mass is 32.2. The predicted octanol–water partition coefficient (Wildman–Crippen LogP) is 5.90. The summed E-state index contributed by atoms with van der Waals surface area (Å²) in [5.74, 6) is -0.184. The lowest BCUT2D eigenvalue weighted by Crippen LogP contribution is -2.29. The third-order valence-corrected chi connectivity index (χ3v) is 8.39. The molecule has 0 atom stereocenters. The molecular weight excluding hydrogens is 524 g/mol. The standard InChI is InChI=1S/C24H21FN4O2S4/c1-15-8-10-16(11-9-15)13-19-21(31)29(24(32)34-19)12-4-7-20(30)26-22-27-28-23(35-22)33-14-17-5-2-3-6-18(17)25/h2-3,5-6,8-11,13H,4,7,12,14H2,1H3,(H,26,27,30)/b19-13-. The van der Waals surface area contributed by atoms with Gasteiger partial charge in [0.25, 0.3) is 5.91 Å². The van der Waals surface area contributed by atoms with Crippen LogP contribution in [0.4, 0.5) is 9.52 Å². The SMILES string of the molecule is Cc1ccc(/C=C2\SC(=S)N(CCCC(=O)Nc3nnc(SCc4ccccc4F)s3)C2=O)cc1. The zero-order valence-corrected chi connectivity index (χ0v) is 22.0. The first-order valence-corrected chi connectivity index (χ1v) is 13.7. The molecule has 2 amide bonds. The number of nitrogens with zero attached hydrogens (tertiary/aromatic N) is 3. The molecule has 1 aliphatic rings. The van der Waals surface area contributed by atoms with E-state index < -0.39 is 0 Å². The highest BCUT2D eigenvalue weighted by molar-refractivity contribution is 8.26. The zero-order chi connectivity index (χ0) is 24.8. The molecule has 0 spiro atoms. The number of carbonyl (C=O) groups excluding carboxylic acids is 2. The van der Waals surface area contributed by atoms with Gasteiger partial charge in [-0.15, -0.1) is 10.2 Å². The van der Waals surface area contributed by atoms with Crippen molar-refractivity contribution in [3.8, 4) is 0 Å². The molecule has 3 aromatic rings. The molecular formula is C24H21FN4O2S4. The van der Waals surface area contributed by atoms with E-state index in [-0.39, 0.29) is 24.1 Å². The Kier molecular flexibility index (Phi) is 8.66. The summed E-state index contributed by atoms with van der Waals surface area (Å²) in [4.78, 5) is 27.2. The maximum Gasteiger partial charge on any atom is 0.266 e. The molecule has 180 valence electrons. The van der Waals surface area contributed by atoms with Crippen LogP contribution in [0.1, 0.15) is 29.5 Å². The second-order valence-corrected chi connectivity index (χ2v) is 11.5. The first kappa shape index (κ1) is 25.5. The van der Waals surface area contributed by atoms with Crippen molar-refractivity contribution >= 4 is 74.4 Å². The van der Waals surface area contributed by atoms with Crippen molar-refractivity contribution in [3.05, 3.63) is 75.9 Å². The number of aryl methyl sites for hydroxylation is 1. The van der Waals surface area contributed by atoms with Gasteiger partial charge in [-0.1, -0.05) is 95.1 Å². The Labute approximate surface area is 220 Å². The van der Waals surface area contributed by atoms with Gasteiger partial charge in [0, 0.05) is 18.7 Å². The number of carbonyl (C=O) groups is 2. The fraction of sp³-hybridized carbons (Fsp3) is 0.208. The normalized spacial score (nSPS) is 14.7. The summed E-state index contributed by atoms with van der Waals surface area (Å²) in [6, 6.07) is 14.5. The Morgan fingerprint density at radius 3 is 2.74 bits per heavy atom. The van der Waals surface area contributed by atoms with Crippen molar-refractivity contribution in [3.63, 3.8) is 0 Å². The Morgan fingerprint density at radius 2 is 1.97 bits per heavy atom. The van der Waals surface area contributed by atoms with Crippen molar-refractivity contribution in [2.45, 2.75) is 29.9 Å². The molecule has 2 aromatic carbocycles. The molecule has 0 saturated carbocycles. The van der Waals surface area contributed by atoms with E-state index in [9.17, 15) is 14.0 Å². The van der Waals surface area contributed by atoms with Gasteiger partial charge in [-0.25, -0.2) is 4.39 Å². The molecule has 0 bridgehead atoms. The van der Waals surface area contributed by atoms with E-state index in [1.165, 1.54) is 45.8 Å². The van der Waals surface area contributed by atoms with Gasteiger partial charge in [0.1, 0.15) is 10.1 Å². The van der Waals surface area contributed by atoms with Crippen LogP contribution in [0.15, 0.2) is 57.8 Å². The summed E-state index contributed by atoms with van der Waals surface area (Å²) in [5.41, 5.74) is 2.68. The fourth-order valence-electron chi connectivity index (χ4n) is 3.16. The number of amides is 2. The van der Waals surface area contributed by atoms with E-state index in [4.69, 9.17) is 12.2 Å². The molecule has 0 unspecified atom stereocenters. The summed E-state index contributed by atoms with van der Waals surface area (Å²) >= 11 is 9.24. The number of nitrogens with one attached hydrogen (secondary N) is 1. The molecule has 1 saturated heterocycles. The predicted molar refractivity (Wildman–Crippen MR) is 145 cm³/mol. The highest BCUT2D eigenvalue weighted by Crippen LogP contribution is 2.33. The third-order valence-electron chi connectivity index (χ3n) is 5.00. The summed E-state index contributed by atoms with van der Waals surface area (Å²) in [7, 11) is 0. The lowest BCUT2D eigenvalue weighted by Gasteiger charge is -2.13. The number of thiocarbonyl (C=S) groups is 1. The topological polar surface area (TPSA) is 75.2 Å². The lowest BCUT2D eigenvalue weighted by molar-refractivity contribution is -0.122. The molecule has 0 aliphatic carbocycles. The van der Waals surface area contributed by atoms with Crippen LogP contribution in [0, 0.1) is 12.7 Å². The minimum Gasteiger partial charge on any atom is -0.301 e. The number of halogens is 1. The quantitative estimate of drug-likeness (QED) is 0.156. The average Bonchev–Trinajstić information content (AvgIpc) is 3.39. The smallest absolute Gasteiger partial charge is 0.266 e. The molecule has 4 rings (SSSR count). The Bertz CT molecular complexity index is 1280. The lowest BCUT2D eigenvalue weighted by atomic mass is 10.1. The molecule has 35 heavy (non-hydrogen) atoms. The minimum atomic E-state index is -0.259. The van der Waals surface area contributed by atoms with Crippen LogP contribution in [0.2, 0.25) is 0 Å². The van der Waals surface area contributed by atoms with Gasteiger partial charge in [0.05, 0.1) is 4.91 Å². The number of anilines is 1. The van der Waals surface area contributed by atoms with Gasteiger partial charge in [-0.3, -0.25) is 14.5 Å². The number of hydrogen-bond acceptors (Lipinski definition) is 8. The maximum absolute atomic E-state index is 13.7. The van der Waals surface area contributed by atoms with Crippen LogP contribution in [0.3, 0.4) is 0 Å². The van der Waals surface area contributed by atoms with Gasteiger partial charge < -0.3 is 5.32 Å². The Morgan fingerprint density at radius 1 is 1.20 bits per heavy atom. The van der Waals surface area contributed by atoms with E-state index in [1.54, 1.807) is 18.2 Å². The van der Waals surface area contributed by atoms with Gasteiger partial charge in [-0.05, 0) is 36.6 Å². The van der Waals surface area contributed by atoms with Crippen molar-refractivity contribution < 1.29 is 14.0 Å². The van der Waals surface area contributed by atoms with Crippen LogP contribution < -0.4 is 5.32 Å². The van der Waals surface area contributed by atoms with E-state index in [2.05, 4.69) is 15.5 Å². The van der Waals surface area contributed by atoms with E-state index in [0.29, 0.717) is 43.0 Å². The van der Waals surface area contributed by atoms with E-state index >= 15 is 0 Å². The maximum atomic E-state index is 13.7. The summed E-state index contributed by atoms with van der Waals surface area (Å²) < 4.78 is 14.9. The minimum absolute atomic E-state index is 0.137. The second-order valence-electron chi connectivity index (χ2n) is 7.65. The first-order valence-electron chi connectivity index (χ1n) is 10.7. The van der Waals surface area contributed by atoms with Crippen LogP contribution in [0.5, 0.6) is 0 Å². The number of benzene rings is 2. The average molecular weight is 545 g/mol. The summed E-state index contributed by atoms with van der Waals surface area (Å²) in [6.07, 6.45) is 2.51. The zero-order valence-electron chi connectivity index (χ0n) is 18.7. The number of aromatic nitrogens is 2. The molecule has 1 fully saturated rings. The molecule has 6 nitrogen and oxygen atoms in total. The Hall–Kier alpha value is -2.60. The van der Waals surface area contributed by atoms with Crippen LogP contribution in [0.25, 0.3) is 6.08 Å². The molecule has 1 N–H and O–H groups in total. The van der Waals surface area contributed by atoms with Crippen molar-refractivity contribution in [1.29, 1.82) is 0 Å². The van der Waals surface area contributed by atoms with Crippen LogP contribution in [-0.4, -0.2) is 37.8 Å². The van der Waals surface area contributed by atoms with Crippen molar-refractivity contribution in [2.75, 3.05) is 11.9 Å². The molecule has 1 aliphatic heterocycles. The highest BCUT2D eigenvalue weighted by Gasteiger charge is 2.31. The number of thioether (sulfide) groups is 2. The monoisotopic (exact) mass is 544 g/mol. The molecule has 0 radical (unpaired) electrons. The number of rotatable bonds is 9. The van der Waals surface area contributed by atoms with E-state index in [1.807, 2.05) is 37.3 Å². The van der Waals surface area contributed by atoms with Crippen molar-refractivity contribution in [2.24, 2.45) is 0 Å². The molecule has 2 heterocycles. The van der Waals surface area contributed by atoms with Gasteiger partial charge in [0.15, 0.2) is 4.34 Å². The second kappa shape index (κ2) is 11.9. The first-order chi connectivity index (χ1) is 16.9. The van der Waals surface area contributed by atoms with Gasteiger partial charge in [-0.2, -0.15) is 0 Å². The van der Waals surface area contributed by atoms with Crippen LogP contribution in [-0.2, 0) is 15.3 Å². The fourth-order valence-corrected chi connectivity index (χ4v) is 6.22. The summed E-state index contributed by atoms with van der Waals surface area (Å²) in [6.45, 7) is 2.37.